The molecule has 28 heavy (non-hydrogen) atoms. The predicted octanol–water partition coefficient (Wildman–Crippen LogP) is 3.00. The average Bonchev–Trinajstić information content (AvgIpc) is 2.63. The summed E-state index contributed by atoms with van der Waals surface area (Å²) >= 11 is 0. The van der Waals surface area contributed by atoms with Gasteiger partial charge in [0.25, 0.3) is 5.56 Å². The highest BCUT2D eigenvalue weighted by Gasteiger charge is 2.31. The number of hydrogen-bond acceptors (Lipinski definition) is 4. The molecule has 0 aliphatic heterocycles. The Morgan fingerprint density at radius 1 is 1.18 bits per heavy atom. The number of carbonyl (C=O) groups excluding carboxylic acids is 1. The highest BCUT2D eigenvalue weighted by atomic mass is 19.4. The molecule has 0 bridgehead atoms. The quantitative estimate of drug-likeness (QED) is 0.743. The Hall–Kier alpha value is -3.23. The number of benzene rings is 2. The molecule has 0 fully saturated rings. The summed E-state index contributed by atoms with van der Waals surface area (Å²) in [6, 6.07) is 9.89. The highest BCUT2D eigenvalue weighted by molar-refractivity contribution is 5.79. The zero-order valence-electron chi connectivity index (χ0n) is 15.1. The van der Waals surface area contributed by atoms with Crippen LogP contribution in [0.2, 0.25) is 0 Å². The van der Waals surface area contributed by atoms with E-state index in [-0.39, 0.29) is 16.9 Å². The van der Waals surface area contributed by atoms with Crippen LogP contribution in [0, 0.1) is 6.92 Å². The summed E-state index contributed by atoms with van der Waals surface area (Å²) in [5.41, 5.74) is 0.218. The van der Waals surface area contributed by atoms with Gasteiger partial charge >= 0.3 is 6.18 Å². The molecule has 1 atom stereocenters. The van der Waals surface area contributed by atoms with Gasteiger partial charge in [0.05, 0.1) is 17.0 Å². The third kappa shape index (κ3) is 4.19. The first kappa shape index (κ1) is 19.5. The van der Waals surface area contributed by atoms with Gasteiger partial charge in [-0.1, -0.05) is 35.0 Å². The van der Waals surface area contributed by atoms with Gasteiger partial charge in [0, 0.05) is 0 Å². The van der Waals surface area contributed by atoms with Crippen LogP contribution in [0.5, 0.6) is 0 Å². The molecule has 0 aliphatic rings. The minimum atomic E-state index is -4.59. The van der Waals surface area contributed by atoms with E-state index in [0.717, 1.165) is 34.0 Å². The zero-order chi connectivity index (χ0) is 20.5. The molecule has 9 heteroatoms. The van der Waals surface area contributed by atoms with Crippen molar-refractivity contribution in [2.75, 3.05) is 0 Å². The second-order valence-corrected chi connectivity index (χ2v) is 6.48. The number of alkyl halides is 3. The first-order valence-electron chi connectivity index (χ1n) is 8.46. The van der Waals surface area contributed by atoms with E-state index in [1.54, 1.807) is 6.92 Å². The van der Waals surface area contributed by atoms with Gasteiger partial charge in [0.2, 0.25) is 5.91 Å². The van der Waals surface area contributed by atoms with Gasteiger partial charge < -0.3 is 5.32 Å². The Bertz CT molecular complexity index is 1080. The molecule has 0 aliphatic carbocycles. The molecule has 1 heterocycles. The van der Waals surface area contributed by atoms with Crippen molar-refractivity contribution in [2.24, 2.45) is 0 Å². The fourth-order valence-corrected chi connectivity index (χ4v) is 2.72. The van der Waals surface area contributed by atoms with Gasteiger partial charge in [-0.3, -0.25) is 9.59 Å². The van der Waals surface area contributed by atoms with E-state index in [9.17, 15) is 22.8 Å². The summed E-state index contributed by atoms with van der Waals surface area (Å²) < 4.78 is 39.4. The number of carbonyl (C=O) groups is 1. The molecule has 1 N–H and O–H groups in total. The third-order valence-corrected chi connectivity index (χ3v) is 4.30. The Labute approximate surface area is 158 Å². The normalized spacial score (nSPS) is 12.8. The number of aromatic nitrogens is 3. The summed E-state index contributed by atoms with van der Waals surface area (Å²) in [6.07, 6.45) is -4.59. The first-order chi connectivity index (χ1) is 13.1. The van der Waals surface area contributed by atoms with E-state index in [4.69, 9.17) is 0 Å². The van der Waals surface area contributed by atoms with Gasteiger partial charge in [0.1, 0.15) is 12.1 Å². The summed E-state index contributed by atoms with van der Waals surface area (Å²) in [6.45, 7) is 3.28. The number of nitrogens with one attached hydrogen (secondary N) is 1. The van der Waals surface area contributed by atoms with Crippen molar-refractivity contribution in [3.63, 3.8) is 0 Å². The second kappa shape index (κ2) is 7.41. The Balaban J connectivity index is 1.81. The second-order valence-electron chi connectivity index (χ2n) is 6.48. The molecule has 2 aromatic carbocycles. The lowest BCUT2D eigenvalue weighted by Crippen LogP contribution is -2.35. The van der Waals surface area contributed by atoms with Gasteiger partial charge in [-0.15, -0.1) is 5.10 Å². The number of fused-ring (bicyclic) bond motifs is 1. The molecule has 0 saturated heterocycles. The molecular formula is C19H17F3N4O2. The number of hydrogen-bond donors (Lipinski definition) is 1. The molecule has 3 aromatic rings. The van der Waals surface area contributed by atoms with Gasteiger partial charge in [-0.05, 0) is 37.6 Å². The van der Waals surface area contributed by atoms with Crippen molar-refractivity contribution in [1.82, 2.24) is 20.3 Å². The van der Waals surface area contributed by atoms with Crippen molar-refractivity contribution in [3.05, 3.63) is 69.5 Å². The van der Waals surface area contributed by atoms with Crippen molar-refractivity contribution in [3.8, 4) is 0 Å². The van der Waals surface area contributed by atoms with Crippen LogP contribution in [0.25, 0.3) is 10.9 Å². The molecule has 0 radical (unpaired) electrons. The minimum Gasteiger partial charge on any atom is -0.348 e. The van der Waals surface area contributed by atoms with E-state index in [0.29, 0.717) is 0 Å². The first-order valence-corrected chi connectivity index (χ1v) is 8.46. The van der Waals surface area contributed by atoms with Crippen molar-refractivity contribution >= 4 is 16.8 Å². The molecule has 3 rings (SSSR count). The Morgan fingerprint density at radius 2 is 1.86 bits per heavy atom. The van der Waals surface area contributed by atoms with Crippen molar-refractivity contribution in [2.45, 2.75) is 32.6 Å². The van der Waals surface area contributed by atoms with Crippen LogP contribution in [-0.2, 0) is 17.5 Å². The van der Waals surface area contributed by atoms with E-state index >= 15 is 0 Å². The fourth-order valence-electron chi connectivity index (χ4n) is 2.72. The van der Waals surface area contributed by atoms with Gasteiger partial charge in [0.15, 0.2) is 0 Å². The average molecular weight is 390 g/mol. The monoisotopic (exact) mass is 390 g/mol. The van der Waals surface area contributed by atoms with E-state index in [2.05, 4.69) is 15.6 Å². The third-order valence-electron chi connectivity index (χ3n) is 4.30. The number of nitrogens with zero attached hydrogens (tertiary/aromatic N) is 3. The maximum absolute atomic E-state index is 12.9. The number of aryl methyl sites for hydroxylation is 1. The zero-order valence-corrected chi connectivity index (χ0v) is 15.1. The smallest absolute Gasteiger partial charge is 0.348 e. The molecule has 146 valence electrons. The predicted molar refractivity (Wildman–Crippen MR) is 96.5 cm³/mol. The summed E-state index contributed by atoms with van der Waals surface area (Å²) in [5, 5.41) is 9.86. The number of rotatable bonds is 4. The van der Waals surface area contributed by atoms with Crippen LogP contribution < -0.4 is 10.9 Å². The maximum atomic E-state index is 12.9. The van der Waals surface area contributed by atoms with Crippen LogP contribution in [0.1, 0.15) is 29.7 Å². The molecule has 1 amide bonds. The number of amides is 1. The van der Waals surface area contributed by atoms with Crippen molar-refractivity contribution in [1.29, 1.82) is 0 Å². The van der Waals surface area contributed by atoms with Crippen LogP contribution in [0.4, 0.5) is 13.2 Å². The Morgan fingerprint density at radius 3 is 2.50 bits per heavy atom. The van der Waals surface area contributed by atoms with E-state index in [1.807, 2.05) is 31.2 Å². The largest absolute Gasteiger partial charge is 0.416 e. The number of halogens is 3. The standard InChI is InChI=1S/C19H17F3N4O2/c1-11-3-5-13(6-4-11)12(2)23-17(27)10-26-18(28)15-9-14(19(20,21)22)7-8-16(15)24-25-26/h3-9,12H,10H2,1-2H3,(H,23,27). The SMILES string of the molecule is Cc1ccc(C(C)NC(=O)Cn2nnc3ccc(C(F)(F)F)cc3c2=O)cc1. The Kier molecular flexibility index (Phi) is 5.17. The van der Waals surface area contributed by atoms with Crippen LogP contribution in [-0.4, -0.2) is 20.9 Å². The summed E-state index contributed by atoms with van der Waals surface area (Å²) in [5.74, 6) is -0.504. The van der Waals surface area contributed by atoms with Gasteiger partial charge in [-0.2, -0.15) is 13.2 Å². The fraction of sp³-hybridized carbons (Fsp3) is 0.263. The molecule has 1 unspecified atom stereocenters. The minimum absolute atomic E-state index is 0.0303. The molecule has 0 spiro atoms. The maximum Gasteiger partial charge on any atom is 0.416 e. The topological polar surface area (TPSA) is 76.9 Å². The van der Waals surface area contributed by atoms with Crippen LogP contribution in [0.3, 0.4) is 0 Å². The molecular weight excluding hydrogens is 373 g/mol. The summed E-state index contributed by atoms with van der Waals surface area (Å²) in [7, 11) is 0. The van der Waals surface area contributed by atoms with E-state index < -0.39 is 29.8 Å². The lowest BCUT2D eigenvalue weighted by molar-refractivity contribution is -0.137. The molecule has 1 aromatic heterocycles. The highest BCUT2D eigenvalue weighted by Crippen LogP contribution is 2.30. The summed E-state index contributed by atoms with van der Waals surface area (Å²) in [4.78, 5) is 24.7. The van der Waals surface area contributed by atoms with E-state index in [1.165, 1.54) is 0 Å². The van der Waals surface area contributed by atoms with Crippen LogP contribution in [0.15, 0.2) is 47.3 Å². The molecule has 0 saturated carbocycles. The van der Waals surface area contributed by atoms with Gasteiger partial charge in [-0.25, -0.2) is 4.68 Å². The van der Waals surface area contributed by atoms with Crippen LogP contribution >= 0.6 is 0 Å². The van der Waals surface area contributed by atoms with Crippen molar-refractivity contribution < 1.29 is 18.0 Å². The lowest BCUT2D eigenvalue weighted by atomic mass is 10.1. The lowest BCUT2D eigenvalue weighted by Gasteiger charge is -2.15. The molecule has 6 nitrogen and oxygen atoms in total.